The van der Waals surface area contributed by atoms with Crippen LogP contribution in [0.3, 0.4) is 0 Å². The Morgan fingerprint density at radius 3 is 2.64 bits per heavy atom. The molecule has 0 aromatic heterocycles. The maximum atomic E-state index is 13.1. The number of methoxy groups -OCH3 is 1. The quantitative estimate of drug-likeness (QED) is 0.740. The van der Waals surface area contributed by atoms with E-state index in [0.717, 1.165) is 29.9 Å². The maximum Gasteiger partial charge on any atom is 0.233 e. The van der Waals surface area contributed by atoms with Crippen molar-refractivity contribution in [1.82, 2.24) is 10.7 Å². The highest BCUT2D eigenvalue weighted by atomic mass is 16.5. The Kier molecular flexibility index (Phi) is 5.87. The molecule has 1 aliphatic carbocycles. The van der Waals surface area contributed by atoms with Crippen LogP contribution in [0, 0.1) is 11.3 Å². The molecule has 0 radical (unpaired) electrons. The predicted octanol–water partition coefficient (Wildman–Crippen LogP) is 3.18. The number of nitrogens with zero attached hydrogens (tertiary/aromatic N) is 1. The van der Waals surface area contributed by atoms with E-state index in [-0.39, 0.29) is 17.1 Å². The van der Waals surface area contributed by atoms with Crippen LogP contribution in [0.15, 0.2) is 40.6 Å². The molecular weight excluding hydrogens is 354 g/mol. The second-order valence-electron chi connectivity index (χ2n) is 8.25. The number of ketones is 1. The number of allylic oxidation sites excluding steroid dienone is 1. The molecule has 1 aliphatic heterocycles. The van der Waals surface area contributed by atoms with Gasteiger partial charge < -0.3 is 10.1 Å². The topological polar surface area (TPSA) is 79.8 Å². The van der Waals surface area contributed by atoms with Gasteiger partial charge in [-0.25, -0.2) is 0 Å². The van der Waals surface area contributed by atoms with Gasteiger partial charge in [-0.15, -0.1) is 0 Å². The average molecular weight is 383 g/mol. The fourth-order valence-corrected chi connectivity index (χ4v) is 3.84. The number of Topliss-reactive ketones (excluding diaryl/α,β-unsaturated/α-hetero) is 1. The first-order valence-electron chi connectivity index (χ1n) is 9.88. The first-order chi connectivity index (χ1) is 13.4. The van der Waals surface area contributed by atoms with E-state index in [4.69, 9.17) is 4.74 Å². The molecule has 0 spiro atoms. The van der Waals surface area contributed by atoms with Crippen molar-refractivity contribution in [3.05, 3.63) is 41.1 Å². The van der Waals surface area contributed by atoms with Gasteiger partial charge in [-0.05, 0) is 48.1 Å². The van der Waals surface area contributed by atoms with E-state index in [9.17, 15) is 9.59 Å². The molecule has 0 bridgehead atoms. The average Bonchev–Trinajstić information content (AvgIpc) is 2.66. The number of amides is 1. The highest BCUT2D eigenvalue weighted by molar-refractivity contribution is 6.21. The molecule has 2 N–H and O–H groups in total. The van der Waals surface area contributed by atoms with Crippen molar-refractivity contribution in [2.75, 3.05) is 13.7 Å². The van der Waals surface area contributed by atoms with Gasteiger partial charge in [0.25, 0.3) is 0 Å². The SMILES string of the molecule is CCCCNC(=O)C1C(c2ccc(OC)cc2)=NNC2=C1C(=O)CC(C)(C)C2. The van der Waals surface area contributed by atoms with Crippen molar-refractivity contribution in [2.24, 2.45) is 16.4 Å². The van der Waals surface area contributed by atoms with E-state index in [1.807, 2.05) is 24.3 Å². The Bertz CT molecular complexity index is 822. The molecule has 1 heterocycles. The van der Waals surface area contributed by atoms with Crippen LogP contribution in [-0.2, 0) is 9.59 Å². The van der Waals surface area contributed by atoms with Crippen molar-refractivity contribution in [2.45, 2.75) is 46.5 Å². The summed E-state index contributed by atoms with van der Waals surface area (Å²) < 4.78 is 5.22. The summed E-state index contributed by atoms with van der Waals surface area (Å²) in [6.45, 7) is 6.80. The van der Waals surface area contributed by atoms with Crippen LogP contribution >= 0.6 is 0 Å². The van der Waals surface area contributed by atoms with Gasteiger partial charge in [0.2, 0.25) is 5.91 Å². The summed E-state index contributed by atoms with van der Waals surface area (Å²) in [7, 11) is 1.61. The van der Waals surface area contributed by atoms with Gasteiger partial charge in [0, 0.05) is 24.2 Å². The zero-order chi connectivity index (χ0) is 20.3. The normalized spacial score (nSPS) is 20.8. The largest absolute Gasteiger partial charge is 0.497 e. The third-order valence-corrected chi connectivity index (χ3v) is 5.27. The Morgan fingerprint density at radius 1 is 1.29 bits per heavy atom. The summed E-state index contributed by atoms with van der Waals surface area (Å²) >= 11 is 0. The van der Waals surface area contributed by atoms with Crippen molar-refractivity contribution in [3.63, 3.8) is 0 Å². The number of hydrogen-bond acceptors (Lipinski definition) is 5. The van der Waals surface area contributed by atoms with Crippen LogP contribution in [0.4, 0.5) is 0 Å². The number of nitrogens with one attached hydrogen (secondary N) is 2. The lowest BCUT2D eigenvalue weighted by Crippen LogP contribution is -2.46. The Labute approximate surface area is 166 Å². The minimum absolute atomic E-state index is 0.0234. The van der Waals surface area contributed by atoms with Gasteiger partial charge in [0.15, 0.2) is 5.78 Å². The molecule has 1 aromatic rings. The zero-order valence-electron chi connectivity index (χ0n) is 17.1. The number of hydrogen-bond donors (Lipinski definition) is 2. The summed E-state index contributed by atoms with van der Waals surface area (Å²) in [5.41, 5.74) is 5.64. The van der Waals surface area contributed by atoms with E-state index in [2.05, 4.69) is 36.6 Å². The lowest BCUT2D eigenvalue weighted by atomic mass is 9.71. The number of benzene rings is 1. The minimum atomic E-state index is -0.690. The first-order valence-corrected chi connectivity index (χ1v) is 9.88. The Morgan fingerprint density at radius 2 is 2.00 bits per heavy atom. The predicted molar refractivity (Wildman–Crippen MR) is 109 cm³/mol. The van der Waals surface area contributed by atoms with Crippen molar-refractivity contribution in [1.29, 1.82) is 0 Å². The second-order valence-corrected chi connectivity index (χ2v) is 8.25. The number of hydrazone groups is 1. The summed E-state index contributed by atoms with van der Waals surface area (Å²) in [6, 6.07) is 7.40. The summed E-state index contributed by atoms with van der Waals surface area (Å²) in [5.74, 6) is -0.0991. The van der Waals surface area contributed by atoms with E-state index in [0.29, 0.717) is 30.7 Å². The Balaban J connectivity index is 1.98. The van der Waals surface area contributed by atoms with Crippen molar-refractivity contribution in [3.8, 4) is 5.75 Å². The lowest BCUT2D eigenvalue weighted by Gasteiger charge is -2.37. The highest BCUT2D eigenvalue weighted by Crippen LogP contribution is 2.40. The monoisotopic (exact) mass is 383 g/mol. The van der Waals surface area contributed by atoms with E-state index in [1.54, 1.807) is 7.11 Å². The number of rotatable bonds is 6. The second kappa shape index (κ2) is 8.17. The lowest BCUT2D eigenvalue weighted by molar-refractivity contribution is -0.125. The molecule has 1 unspecified atom stereocenters. The number of carbonyl (C=O) groups excluding carboxylic acids is 2. The van der Waals surface area contributed by atoms with Crippen molar-refractivity contribution >= 4 is 17.4 Å². The third kappa shape index (κ3) is 4.11. The molecule has 0 saturated heterocycles. The minimum Gasteiger partial charge on any atom is -0.497 e. The number of carbonyl (C=O) groups is 2. The summed E-state index contributed by atoms with van der Waals surface area (Å²) in [6.07, 6.45) is 3.03. The molecule has 6 heteroatoms. The third-order valence-electron chi connectivity index (χ3n) is 5.27. The van der Waals surface area contributed by atoms with E-state index >= 15 is 0 Å². The summed E-state index contributed by atoms with van der Waals surface area (Å²) in [4.78, 5) is 26.1. The smallest absolute Gasteiger partial charge is 0.233 e. The molecule has 1 amide bonds. The fraction of sp³-hybridized carbons (Fsp3) is 0.500. The highest BCUT2D eigenvalue weighted by Gasteiger charge is 2.43. The Hall–Kier alpha value is -2.63. The van der Waals surface area contributed by atoms with Gasteiger partial charge in [-0.2, -0.15) is 5.10 Å². The van der Waals surface area contributed by atoms with Crippen molar-refractivity contribution < 1.29 is 14.3 Å². The van der Waals surface area contributed by atoms with Crippen LogP contribution in [0.5, 0.6) is 5.75 Å². The van der Waals surface area contributed by atoms with Gasteiger partial charge in [-0.3, -0.25) is 15.0 Å². The van der Waals surface area contributed by atoms with Crippen LogP contribution in [0.25, 0.3) is 0 Å². The molecule has 1 aromatic carbocycles. The molecule has 0 saturated carbocycles. The van der Waals surface area contributed by atoms with Crippen LogP contribution < -0.4 is 15.5 Å². The molecule has 3 rings (SSSR count). The van der Waals surface area contributed by atoms with Gasteiger partial charge in [0.05, 0.1) is 12.8 Å². The zero-order valence-corrected chi connectivity index (χ0v) is 17.1. The number of ether oxygens (including phenoxy) is 1. The standard InChI is InChI=1S/C22H29N3O3/c1-5-6-11-23-21(27)19-18-16(12-22(2,3)13-17(18)26)24-25-20(19)14-7-9-15(28-4)10-8-14/h7-10,19,24H,5-6,11-13H2,1-4H3,(H,23,27). The van der Waals surface area contributed by atoms with E-state index < -0.39 is 5.92 Å². The van der Waals surface area contributed by atoms with Crippen LogP contribution in [-0.4, -0.2) is 31.1 Å². The molecule has 0 fully saturated rings. The maximum absolute atomic E-state index is 13.1. The first kappa shape index (κ1) is 20.1. The molecule has 6 nitrogen and oxygen atoms in total. The van der Waals surface area contributed by atoms with Gasteiger partial charge in [-0.1, -0.05) is 27.2 Å². The van der Waals surface area contributed by atoms with Gasteiger partial charge >= 0.3 is 0 Å². The molecular formula is C22H29N3O3. The molecule has 28 heavy (non-hydrogen) atoms. The van der Waals surface area contributed by atoms with Crippen LogP contribution in [0.2, 0.25) is 0 Å². The molecule has 1 atom stereocenters. The number of unbranched alkanes of at least 4 members (excludes halogenated alkanes) is 1. The van der Waals surface area contributed by atoms with E-state index in [1.165, 1.54) is 0 Å². The fourth-order valence-electron chi connectivity index (χ4n) is 3.84. The molecule has 2 aliphatic rings. The van der Waals surface area contributed by atoms with Gasteiger partial charge in [0.1, 0.15) is 11.7 Å². The summed E-state index contributed by atoms with van der Waals surface area (Å²) in [5, 5.41) is 7.52. The van der Waals surface area contributed by atoms with Crippen LogP contribution in [0.1, 0.15) is 52.0 Å². The molecule has 150 valence electrons.